The molecule has 3 nitrogen and oxygen atoms in total. The minimum absolute atomic E-state index is 0.313. The van der Waals surface area contributed by atoms with Gasteiger partial charge in [-0.3, -0.25) is 0 Å². The van der Waals surface area contributed by atoms with Crippen LogP contribution in [0.1, 0.15) is 33.8 Å². The minimum Gasteiger partial charge on any atom is -0.493 e. The number of rotatable bonds is 5. The van der Waals surface area contributed by atoms with E-state index in [9.17, 15) is 4.79 Å². The highest BCUT2D eigenvalue weighted by Gasteiger charge is 2.27. The van der Waals surface area contributed by atoms with Crippen molar-refractivity contribution in [1.29, 1.82) is 0 Å². The second kappa shape index (κ2) is 7.04. The van der Waals surface area contributed by atoms with Crippen LogP contribution in [-0.4, -0.2) is 19.7 Å². The number of ether oxygens (including phenoxy) is 2. The van der Waals surface area contributed by atoms with Crippen molar-refractivity contribution in [2.75, 3.05) is 13.7 Å². The number of carbonyl (C=O) groups excluding carboxylic acids is 1. The lowest BCUT2D eigenvalue weighted by atomic mass is 9.94. The van der Waals surface area contributed by atoms with E-state index in [-0.39, 0.29) is 5.97 Å². The van der Waals surface area contributed by atoms with Gasteiger partial charge in [-0.25, -0.2) is 4.79 Å². The van der Waals surface area contributed by atoms with Gasteiger partial charge in [0.1, 0.15) is 11.3 Å². The van der Waals surface area contributed by atoms with Crippen molar-refractivity contribution in [3.63, 3.8) is 0 Å². The molecule has 0 radical (unpaired) electrons. The van der Waals surface area contributed by atoms with Gasteiger partial charge in [0.2, 0.25) is 0 Å². The molecule has 130 valence electrons. The van der Waals surface area contributed by atoms with E-state index in [0.717, 1.165) is 6.42 Å². The first-order chi connectivity index (χ1) is 12.8. The van der Waals surface area contributed by atoms with Gasteiger partial charge in [-0.05, 0) is 40.8 Å². The topological polar surface area (TPSA) is 35.5 Å². The van der Waals surface area contributed by atoms with Gasteiger partial charge in [-0.1, -0.05) is 60.7 Å². The molecule has 0 spiro atoms. The molecule has 0 fully saturated rings. The molecular formula is C23H20O3. The van der Waals surface area contributed by atoms with Crippen LogP contribution < -0.4 is 4.74 Å². The fourth-order valence-corrected chi connectivity index (χ4v) is 3.73. The van der Waals surface area contributed by atoms with E-state index in [1.165, 1.54) is 29.4 Å². The number of hydrogen-bond donors (Lipinski definition) is 0. The Morgan fingerprint density at radius 3 is 2.08 bits per heavy atom. The van der Waals surface area contributed by atoms with E-state index in [2.05, 4.69) is 48.5 Å². The van der Waals surface area contributed by atoms with Crippen LogP contribution in [0.3, 0.4) is 0 Å². The van der Waals surface area contributed by atoms with Crippen molar-refractivity contribution in [2.24, 2.45) is 0 Å². The molecule has 0 aliphatic heterocycles. The lowest BCUT2D eigenvalue weighted by Gasteiger charge is -2.15. The predicted octanol–water partition coefficient (Wildman–Crippen LogP) is 5.05. The Hall–Kier alpha value is -3.07. The summed E-state index contributed by atoms with van der Waals surface area (Å²) in [5.41, 5.74) is 5.77. The standard InChI is InChI=1S/C23H20O3/c1-25-23(24)21-12-6-7-13-22(21)26-15-14-20-18-10-4-2-8-16(18)17-9-3-5-11-19(17)20/h2-13,20H,14-15H2,1H3. The van der Waals surface area contributed by atoms with Gasteiger partial charge in [0.25, 0.3) is 0 Å². The molecular weight excluding hydrogens is 324 g/mol. The van der Waals surface area contributed by atoms with Crippen LogP contribution in [0.2, 0.25) is 0 Å². The van der Waals surface area contributed by atoms with Crippen LogP contribution in [0.5, 0.6) is 5.75 Å². The fourth-order valence-electron chi connectivity index (χ4n) is 3.73. The van der Waals surface area contributed by atoms with E-state index in [4.69, 9.17) is 9.47 Å². The average molecular weight is 344 g/mol. The molecule has 0 saturated heterocycles. The Balaban J connectivity index is 1.54. The first kappa shape index (κ1) is 16.4. The number of hydrogen-bond acceptors (Lipinski definition) is 3. The van der Waals surface area contributed by atoms with Crippen molar-refractivity contribution in [3.8, 4) is 16.9 Å². The Morgan fingerprint density at radius 1 is 0.846 bits per heavy atom. The summed E-state index contributed by atoms with van der Waals surface area (Å²) in [4.78, 5) is 11.9. The normalized spacial score (nSPS) is 12.3. The highest BCUT2D eigenvalue weighted by Crippen LogP contribution is 2.46. The molecule has 3 heteroatoms. The van der Waals surface area contributed by atoms with Crippen molar-refractivity contribution < 1.29 is 14.3 Å². The van der Waals surface area contributed by atoms with Gasteiger partial charge >= 0.3 is 5.97 Å². The molecule has 1 aliphatic rings. The summed E-state index contributed by atoms with van der Waals surface area (Å²) in [5, 5.41) is 0. The number of esters is 1. The van der Waals surface area contributed by atoms with Gasteiger partial charge in [-0.15, -0.1) is 0 Å². The van der Waals surface area contributed by atoms with E-state index < -0.39 is 0 Å². The molecule has 0 amide bonds. The molecule has 0 saturated carbocycles. The summed E-state index contributed by atoms with van der Waals surface area (Å²) < 4.78 is 10.8. The van der Waals surface area contributed by atoms with Crippen LogP contribution in [0, 0.1) is 0 Å². The summed E-state index contributed by atoms with van der Waals surface area (Å²) in [6.07, 6.45) is 0.851. The number of benzene rings is 3. The maximum Gasteiger partial charge on any atom is 0.341 e. The van der Waals surface area contributed by atoms with Crippen molar-refractivity contribution in [1.82, 2.24) is 0 Å². The van der Waals surface area contributed by atoms with Crippen LogP contribution >= 0.6 is 0 Å². The third-order valence-corrected chi connectivity index (χ3v) is 4.92. The molecule has 26 heavy (non-hydrogen) atoms. The molecule has 0 unspecified atom stereocenters. The van der Waals surface area contributed by atoms with E-state index in [1.807, 2.05) is 18.2 Å². The number of fused-ring (bicyclic) bond motifs is 3. The SMILES string of the molecule is COC(=O)c1ccccc1OCCC1c2ccccc2-c2ccccc21. The molecule has 3 aromatic rings. The minimum atomic E-state index is -0.378. The predicted molar refractivity (Wildman–Crippen MR) is 102 cm³/mol. The summed E-state index contributed by atoms with van der Waals surface area (Å²) in [7, 11) is 1.38. The maximum atomic E-state index is 11.9. The molecule has 1 aliphatic carbocycles. The monoisotopic (exact) mass is 344 g/mol. The smallest absolute Gasteiger partial charge is 0.341 e. The maximum absolute atomic E-state index is 11.9. The molecule has 0 aromatic heterocycles. The zero-order valence-electron chi connectivity index (χ0n) is 14.6. The van der Waals surface area contributed by atoms with Crippen molar-refractivity contribution in [2.45, 2.75) is 12.3 Å². The van der Waals surface area contributed by atoms with Crippen molar-refractivity contribution in [3.05, 3.63) is 89.5 Å². The fraction of sp³-hybridized carbons (Fsp3) is 0.174. The number of para-hydroxylation sites is 1. The van der Waals surface area contributed by atoms with E-state index in [1.54, 1.807) is 6.07 Å². The Labute approximate surface area is 153 Å². The number of carbonyl (C=O) groups is 1. The molecule has 0 atom stereocenters. The quantitative estimate of drug-likeness (QED) is 0.607. The van der Waals surface area contributed by atoms with Crippen LogP contribution in [0.25, 0.3) is 11.1 Å². The molecule has 0 bridgehead atoms. The molecule has 0 N–H and O–H groups in total. The summed E-state index contributed by atoms with van der Waals surface area (Å²) in [6.45, 7) is 0.529. The van der Waals surface area contributed by atoms with Gasteiger partial charge in [0.15, 0.2) is 0 Å². The van der Waals surface area contributed by atoms with Gasteiger partial charge in [0.05, 0.1) is 13.7 Å². The average Bonchev–Trinajstić information content (AvgIpc) is 3.02. The zero-order valence-corrected chi connectivity index (χ0v) is 14.6. The highest BCUT2D eigenvalue weighted by atomic mass is 16.5. The zero-order chi connectivity index (χ0) is 17.9. The van der Waals surface area contributed by atoms with Gasteiger partial charge in [-0.2, -0.15) is 0 Å². The largest absolute Gasteiger partial charge is 0.493 e. The van der Waals surface area contributed by atoms with E-state index in [0.29, 0.717) is 23.8 Å². The second-order valence-electron chi connectivity index (χ2n) is 6.35. The van der Waals surface area contributed by atoms with Gasteiger partial charge < -0.3 is 9.47 Å². The third-order valence-electron chi connectivity index (χ3n) is 4.92. The van der Waals surface area contributed by atoms with Crippen LogP contribution in [0.4, 0.5) is 0 Å². The van der Waals surface area contributed by atoms with Crippen LogP contribution in [0.15, 0.2) is 72.8 Å². The molecule has 4 rings (SSSR count). The summed E-state index contributed by atoms with van der Waals surface area (Å²) in [6, 6.07) is 24.3. The molecule has 0 heterocycles. The summed E-state index contributed by atoms with van der Waals surface area (Å²) in [5.74, 6) is 0.503. The third kappa shape index (κ3) is 2.86. The Morgan fingerprint density at radius 2 is 1.42 bits per heavy atom. The molecule has 3 aromatic carbocycles. The van der Waals surface area contributed by atoms with Gasteiger partial charge in [0, 0.05) is 5.92 Å². The van der Waals surface area contributed by atoms with Crippen LogP contribution in [-0.2, 0) is 4.74 Å². The second-order valence-corrected chi connectivity index (χ2v) is 6.35. The van der Waals surface area contributed by atoms with Crippen molar-refractivity contribution >= 4 is 5.97 Å². The number of methoxy groups -OCH3 is 1. The Kier molecular flexibility index (Phi) is 4.44. The Bertz CT molecular complexity index is 900. The lowest BCUT2D eigenvalue weighted by Crippen LogP contribution is -2.09. The highest BCUT2D eigenvalue weighted by molar-refractivity contribution is 5.92. The first-order valence-corrected chi connectivity index (χ1v) is 8.78. The lowest BCUT2D eigenvalue weighted by molar-refractivity contribution is 0.0596. The summed E-state index contributed by atoms with van der Waals surface area (Å²) >= 11 is 0. The van der Waals surface area contributed by atoms with E-state index >= 15 is 0 Å². The first-order valence-electron chi connectivity index (χ1n) is 8.78.